The molecule has 116 valence electrons. The molecule has 0 bridgehead atoms. The van der Waals surface area contributed by atoms with Gasteiger partial charge in [0.25, 0.3) is 0 Å². The minimum absolute atomic E-state index is 0.126. The van der Waals surface area contributed by atoms with Crippen molar-refractivity contribution >= 4 is 11.4 Å². The number of rotatable bonds is 7. The average Bonchev–Trinajstić information content (AvgIpc) is 2.55. The standard InChI is InChI=1S/C15H17N3O4/c1-21-14-9-13(18(19)20)15(22-2)8-11(14)10-16-17-12-6-4-3-5-7-12/h3-9,16-17H,10H2,1-2H3. The molecule has 0 amide bonds. The molecular weight excluding hydrogens is 286 g/mol. The second-order valence-corrected chi connectivity index (χ2v) is 4.44. The number of nitrogens with one attached hydrogen (secondary N) is 2. The lowest BCUT2D eigenvalue weighted by molar-refractivity contribution is -0.385. The second-order valence-electron chi connectivity index (χ2n) is 4.44. The maximum absolute atomic E-state index is 11.0. The molecule has 0 aliphatic carbocycles. The third-order valence-corrected chi connectivity index (χ3v) is 3.06. The van der Waals surface area contributed by atoms with E-state index in [-0.39, 0.29) is 11.4 Å². The van der Waals surface area contributed by atoms with Crippen LogP contribution in [0.15, 0.2) is 42.5 Å². The Hall–Kier alpha value is -2.80. The van der Waals surface area contributed by atoms with Crippen molar-refractivity contribution < 1.29 is 14.4 Å². The SMILES string of the molecule is COc1cc([N+](=O)[O-])c(OC)cc1CNNc1ccccc1. The van der Waals surface area contributed by atoms with Crippen LogP contribution < -0.4 is 20.3 Å². The molecule has 7 heteroatoms. The minimum atomic E-state index is -0.499. The van der Waals surface area contributed by atoms with E-state index in [1.807, 2.05) is 30.3 Å². The van der Waals surface area contributed by atoms with Gasteiger partial charge in [0.2, 0.25) is 0 Å². The molecule has 0 radical (unpaired) electrons. The molecule has 0 atom stereocenters. The first kappa shape index (κ1) is 15.6. The Bertz CT molecular complexity index is 647. The van der Waals surface area contributed by atoms with Gasteiger partial charge in [-0.1, -0.05) is 18.2 Å². The van der Waals surface area contributed by atoms with Gasteiger partial charge in [-0.15, -0.1) is 0 Å². The minimum Gasteiger partial charge on any atom is -0.496 e. The number of nitro benzene ring substituents is 1. The first-order valence-corrected chi connectivity index (χ1v) is 6.59. The van der Waals surface area contributed by atoms with E-state index < -0.39 is 4.92 Å². The highest BCUT2D eigenvalue weighted by molar-refractivity contribution is 5.55. The van der Waals surface area contributed by atoms with Crippen LogP contribution in [-0.2, 0) is 6.54 Å². The summed E-state index contributed by atoms with van der Waals surface area (Å²) in [5.74, 6) is 0.622. The maximum atomic E-state index is 11.0. The van der Waals surface area contributed by atoms with Crippen LogP contribution in [0.3, 0.4) is 0 Å². The van der Waals surface area contributed by atoms with E-state index in [2.05, 4.69) is 10.9 Å². The number of hydrogen-bond acceptors (Lipinski definition) is 6. The molecule has 0 saturated heterocycles. The normalized spacial score (nSPS) is 10.1. The van der Waals surface area contributed by atoms with Crippen molar-refractivity contribution in [2.24, 2.45) is 0 Å². The van der Waals surface area contributed by atoms with Crippen molar-refractivity contribution in [3.8, 4) is 11.5 Å². The van der Waals surface area contributed by atoms with Gasteiger partial charge in [-0.3, -0.25) is 10.1 Å². The van der Waals surface area contributed by atoms with Gasteiger partial charge in [0, 0.05) is 17.8 Å². The van der Waals surface area contributed by atoms with Gasteiger partial charge in [0.15, 0.2) is 5.75 Å². The largest absolute Gasteiger partial charge is 0.496 e. The molecule has 0 unspecified atom stereocenters. The van der Waals surface area contributed by atoms with Crippen LogP contribution in [0.25, 0.3) is 0 Å². The number of nitro groups is 1. The molecular formula is C15H17N3O4. The van der Waals surface area contributed by atoms with Crippen molar-refractivity contribution in [3.63, 3.8) is 0 Å². The van der Waals surface area contributed by atoms with Gasteiger partial charge in [0.05, 0.1) is 25.2 Å². The highest BCUT2D eigenvalue weighted by Crippen LogP contribution is 2.34. The average molecular weight is 303 g/mol. The van der Waals surface area contributed by atoms with Crippen LogP contribution in [0.2, 0.25) is 0 Å². The van der Waals surface area contributed by atoms with Crippen LogP contribution in [0.4, 0.5) is 11.4 Å². The van der Waals surface area contributed by atoms with Crippen molar-refractivity contribution in [1.82, 2.24) is 5.43 Å². The van der Waals surface area contributed by atoms with Crippen LogP contribution >= 0.6 is 0 Å². The van der Waals surface area contributed by atoms with Crippen LogP contribution in [0, 0.1) is 10.1 Å². The summed E-state index contributed by atoms with van der Waals surface area (Å²) in [6, 6.07) is 12.5. The molecule has 0 aliphatic rings. The van der Waals surface area contributed by atoms with E-state index in [0.717, 1.165) is 11.3 Å². The van der Waals surface area contributed by atoms with E-state index >= 15 is 0 Å². The summed E-state index contributed by atoms with van der Waals surface area (Å²) in [5, 5.41) is 11.0. The van der Waals surface area contributed by atoms with Crippen molar-refractivity contribution in [2.75, 3.05) is 19.6 Å². The van der Waals surface area contributed by atoms with Crippen LogP contribution in [0.1, 0.15) is 5.56 Å². The molecule has 22 heavy (non-hydrogen) atoms. The van der Waals surface area contributed by atoms with E-state index in [9.17, 15) is 10.1 Å². The molecule has 0 spiro atoms. The van der Waals surface area contributed by atoms with E-state index in [0.29, 0.717) is 12.3 Å². The fourth-order valence-corrected chi connectivity index (χ4v) is 1.99. The quantitative estimate of drug-likeness (QED) is 0.604. The Labute approximate surface area is 128 Å². The lowest BCUT2D eigenvalue weighted by atomic mass is 10.1. The van der Waals surface area contributed by atoms with Gasteiger partial charge < -0.3 is 14.9 Å². The molecule has 2 aromatic carbocycles. The third kappa shape index (κ3) is 3.64. The lowest BCUT2D eigenvalue weighted by Gasteiger charge is -2.13. The monoisotopic (exact) mass is 303 g/mol. The van der Waals surface area contributed by atoms with Gasteiger partial charge >= 0.3 is 5.69 Å². The highest BCUT2D eigenvalue weighted by atomic mass is 16.6. The van der Waals surface area contributed by atoms with Gasteiger partial charge in [0.1, 0.15) is 5.75 Å². The number of para-hydroxylation sites is 1. The first-order valence-electron chi connectivity index (χ1n) is 6.59. The number of hydrazine groups is 1. The number of nitrogens with zero attached hydrogens (tertiary/aromatic N) is 1. The summed E-state index contributed by atoms with van der Waals surface area (Å²) in [4.78, 5) is 10.5. The van der Waals surface area contributed by atoms with E-state index in [4.69, 9.17) is 9.47 Å². The van der Waals surface area contributed by atoms with Gasteiger partial charge in [-0.25, -0.2) is 5.43 Å². The summed E-state index contributed by atoms with van der Waals surface area (Å²) in [7, 11) is 2.87. The van der Waals surface area contributed by atoms with E-state index in [1.54, 1.807) is 6.07 Å². The molecule has 2 N–H and O–H groups in total. The Morgan fingerprint density at radius 3 is 2.36 bits per heavy atom. The van der Waals surface area contributed by atoms with Crippen molar-refractivity contribution in [1.29, 1.82) is 0 Å². The van der Waals surface area contributed by atoms with E-state index in [1.165, 1.54) is 20.3 Å². The predicted molar refractivity (Wildman–Crippen MR) is 83.1 cm³/mol. The molecule has 2 rings (SSSR count). The fraction of sp³-hybridized carbons (Fsp3) is 0.200. The smallest absolute Gasteiger partial charge is 0.314 e. The Morgan fingerprint density at radius 1 is 1.09 bits per heavy atom. The van der Waals surface area contributed by atoms with Crippen LogP contribution in [0.5, 0.6) is 11.5 Å². The molecule has 0 aliphatic heterocycles. The summed E-state index contributed by atoms with van der Waals surface area (Å²) in [6.07, 6.45) is 0. The fourth-order valence-electron chi connectivity index (χ4n) is 1.99. The first-order chi connectivity index (χ1) is 10.7. The zero-order valence-electron chi connectivity index (χ0n) is 12.3. The number of ether oxygens (including phenoxy) is 2. The Kier molecular flexibility index (Phi) is 5.16. The molecule has 0 saturated carbocycles. The molecule has 2 aromatic rings. The Balaban J connectivity index is 2.14. The molecule has 0 aromatic heterocycles. The van der Waals surface area contributed by atoms with Crippen molar-refractivity contribution in [2.45, 2.75) is 6.54 Å². The molecule has 0 fully saturated rings. The summed E-state index contributed by atoms with van der Waals surface area (Å²) in [6.45, 7) is 0.409. The zero-order chi connectivity index (χ0) is 15.9. The predicted octanol–water partition coefficient (Wildman–Crippen LogP) is 2.73. The lowest BCUT2D eigenvalue weighted by Crippen LogP contribution is -2.21. The molecule has 7 nitrogen and oxygen atoms in total. The maximum Gasteiger partial charge on any atom is 0.314 e. The third-order valence-electron chi connectivity index (χ3n) is 3.06. The summed E-state index contributed by atoms with van der Waals surface area (Å²) >= 11 is 0. The van der Waals surface area contributed by atoms with Gasteiger partial charge in [-0.05, 0) is 18.2 Å². The molecule has 0 heterocycles. The number of methoxy groups -OCH3 is 2. The summed E-state index contributed by atoms with van der Waals surface area (Å²) < 4.78 is 10.3. The topological polar surface area (TPSA) is 85.7 Å². The summed E-state index contributed by atoms with van der Waals surface area (Å²) in [5.41, 5.74) is 7.61. The Morgan fingerprint density at radius 2 is 1.77 bits per heavy atom. The van der Waals surface area contributed by atoms with Gasteiger partial charge in [-0.2, -0.15) is 0 Å². The second kappa shape index (κ2) is 7.28. The van der Waals surface area contributed by atoms with Crippen molar-refractivity contribution in [3.05, 3.63) is 58.1 Å². The number of anilines is 1. The zero-order valence-corrected chi connectivity index (χ0v) is 12.3. The van der Waals surface area contributed by atoms with Crippen LogP contribution in [-0.4, -0.2) is 19.1 Å². The number of benzene rings is 2. The number of hydrogen-bond donors (Lipinski definition) is 2. The highest BCUT2D eigenvalue weighted by Gasteiger charge is 2.19.